The number of rotatable bonds is 5. The first-order valence-corrected chi connectivity index (χ1v) is 16.9. The normalized spacial score (nSPS) is 21.0. The number of nitrogens with zero attached hydrogens (tertiary/aromatic N) is 5. The highest BCUT2D eigenvalue weighted by Gasteiger charge is 2.41. The number of benzene rings is 1. The predicted molar refractivity (Wildman–Crippen MR) is 169 cm³/mol. The molecule has 2 aromatic heterocycles. The molecule has 1 amide bonds. The lowest BCUT2D eigenvalue weighted by atomic mass is 9.85. The summed E-state index contributed by atoms with van der Waals surface area (Å²) in [5, 5.41) is 8.76. The Morgan fingerprint density at radius 3 is 2.50 bits per heavy atom. The Kier molecular flexibility index (Phi) is 7.78. The zero-order valence-electron chi connectivity index (χ0n) is 26.2. The van der Waals surface area contributed by atoms with Crippen LogP contribution in [0.2, 0.25) is 0 Å². The van der Waals surface area contributed by atoms with Gasteiger partial charge in [-0.1, -0.05) is 6.92 Å². The minimum Gasteiger partial charge on any atom is -0.444 e. The number of sulfonamides is 1. The largest absolute Gasteiger partial charge is 0.444 e. The number of hydrogen-bond acceptors (Lipinski definition) is 8. The fraction of sp³-hybridized carbons (Fsp3) is 0.581. The van der Waals surface area contributed by atoms with Crippen molar-refractivity contribution < 1.29 is 17.9 Å². The van der Waals surface area contributed by atoms with Gasteiger partial charge in [0.2, 0.25) is 10.0 Å². The van der Waals surface area contributed by atoms with E-state index in [0.717, 1.165) is 37.9 Å². The summed E-state index contributed by atoms with van der Waals surface area (Å²) in [4.78, 5) is 33.0. The van der Waals surface area contributed by atoms with E-state index < -0.39 is 21.2 Å². The number of fused-ring (bicyclic) bond motifs is 2. The van der Waals surface area contributed by atoms with Crippen LogP contribution in [0.5, 0.6) is 0 Å². The molecule has 3 aliphatic rings. The van der Waals surface area contributed by atoms with Crippen molar-refractivity contribution in [3.63, 3.8) is 0 Å². The van der Waals surface area contributed by atoms with Crippen LogP contribution in [0.4, 0.5) is 16.3 Å². The molecule has 238 valence electrons. The maximum absolute atomic E-state index is 13.4. The zero-order valence-corrected chi connectivity index (χ0v) is 27.0. The fourth-order valence-corrected chi connectivity index (χ4v) is 8.69. The Labute approximate surface area is 258 Å². The SMILES string of the molecule is CCC1(n2nc(Nc3ccc4c(c3)CN(C3CCN(C)CC3)S4(=O)=O)c3c(=O)[nH]ccc32)CCN(C(=O)OC(C)(C)C)CC1. The molecule has 1 aromatic carbocycles. The first-order valence-electron chi connectivity index (χ1n) is 15.5. The monoisotopic (exact) mass is 625 g/mol. The van der Waals surface area contributed by atoms with Crippen LogP contribution in [0.1, 0.15) is 65.4 Å². The van der Waals surface area contributed by atoms with Gasteiger partial charge >= 0.3 is 6.09 Å². The number of nitrogens with one attached hydrogen (secondary N) is 2. The molecule has 2 N–H and O–H groups in total. The average Bonchev–Trinajstić information content (AvgIpc) is 3.47. The fourth-order valence-electron chi connectivity index (χ4n) is 6.83. The van der Waals surface area contributed by atoms with E-state index in [-0.39, 0.29) is 17.7 Å². The molecule has 0 aliphatic carbocycles. The molecule has 44 heavy (non-hydrogen) atoms. The second kappa shape index (κ2) is 11.2. The molecule has 6 rings (SSSR count). The number of aromatic nitrogens is 3. The smallest absolute Gasteiger partial charge is 0.410 e. The van der Waals surface area contributed by atoms with Crippen molar-refractivity contribution in [2.75, 3.05) is 38.5 Å². The number of ether oxygens (including phenoxy) is 1. The maximum Gasteiger partial charge on any atom is 0.410 e. The van der Waals surface area contributed by atoms with Crippen LogP contribution in [0, 0.1) is 0 Å². The van der Waals surface area contributed by atoms with Crippen LogP contribution < -0.4 is 10.9 Å². The van der Waals surface area contributed by atoms with Crippen molar-refractivity contribution in [3.8, 4) is 0 Å². The Morgan fingerprint density at radius 1 is 1.14 bits per heavy atom. The molecule has 13 heteroatoms. The van der Waals surface area contributed by atoms with Crippen LogP contribution in [0.25, 0.3) is 10.9 Å². The second-order valence-corrected chi connectivity index (χ2v) is 15.3. The summed E-state index contributed by atoms with van der Waals surface area (Å²) in [6.07, 6.45) is 5.03. The number of amides is 1. The molecule has 3 aliphatic heterocycles. The lowest BCUT2D eigenvalue weighted by molar-refractivity contribution is 0.0101. The minimum absolute atomic E-state index is 0.00909. The van der Waals surface area contributed by atoms with Crippen LogP contribution in [-0.4, -0.2) is 88.3 Å². The van der Waals surface area contributed by atoms with Crippen LogP contribution >= 0.6 is 0 Å². The molecular weight excluding hydrogens is 582 g/mol. The Bertz CT molecular complexity index is 1730. The number of H-pyrrole nitrogens is 1. The third kappa shape index (κ3) is 5.49. The van der Waals surface area contributed by atoms with Gasteiger partial charge in [-0.2, -0.15) is 9.40 Å². The summed E-state index contributed by atoms with van der Waals surface area (Å²) in [7, 11) is -1.50. The number of anilines is 2. The number of pyridine rings is 1. The highest BCUT2D eigenvalue weighted by atomic mass is 32.2. The van der Waals surface area contributed by atoms with Gasteiger partial charge in [0.05, 0.1) is 16.0 Å². The zero-order chi connectivity index (χ0) is 31.4. The van der Waals surface area contributed by atoms with Crippen molar-refractivity contribution in [1.29, 1.82) is 0 Å². The van der Waals surface area contributed by atoms with Crippen molar-refractivity contribution in [3.05, 3.63) is 46.4 Å². The van der Waals surface area contributed by atoms with E-state index in [4.69, 9.17) is 9.84 Å². The van der Waals surface area contributed by atoms with Crippen molar-refractivity contribution >= 4 is 38.5 Å². The molecule has 3 aromatic rings. The number of hydrogen-bond donors (Lipinski definition) is 2. The first-order chi connectivity index (χ1) is 20.8. The lowest BCUT2D eigenvalue weighted by Gasteiger charge is -2.42. The van der Waals surface area contributed by atoms with Crippen molar-refractivity contribution in [2.24, 2.45) is 0 Å². The minimum atomic E-state index is -3.56. The van der Waals surface area contributed by atoms with Crippen molar-refractivity contribution in [2.45, 2.75) is 88.4 Å². The quantitative estimate of drug-likeness (QED) is 0.431. The van der Waals surface area contributed by atoms with Gasteiger partial charge in [0, 0.05) is 37.6 Å². The van der Waals surface area contributed by atoms with Gasteiger partial charge in [-0.05, 0) is 103 Å². The maximum atomic E-state index is 13.4. The molecule has 2 saturated heterocycles. The summed E-state index contributed by atoms with van der Waals surface area (Å²) in [6.45, 7) is 10.8. The van der Waals surface area contributed by atoms with Crippen LogP contribution in [-0.2, 0) is 26.8 Å². The molecule has 0 spiro atoms. The Hall–Kier alpha value is -3.42. The van der Waals surface area contributed by atoms with Crippen LogP contribution in [0.15, 0.2) is 40.2 Å². The topological polar surface area (TPSA) is 133 Å². The second-order valence-electron chi connectivity index (χ2n) is 13.4. The summed E-state index contributed by atoms with van der Waals surface area (Å²) >= 11 is 0. The summed E-state index contributed by atoms with van der Waals surface area (Å²) < 4.78 is 36.1. The number of piperidine rings is 2. The number of likely N-dealkylation sites (tertiary alicyclic amines) is 2. The number of aromatic amines is 1. The predicted octanol–water partition coefficient (Wildman–Crippen LogP) is 4.20. The molecule has 0 radical (unpaired) electrons. The van der Waals surface area contributed by atoms with Gasteiger partial charge in [-0.15, -0.1) is 0 Å². The van der Waals surface area contributed by atoms with E-state index >= 15 is 0 Å². The molecule has 2 fully saturated rings. The molecule has 0 saturated carbocycles. The van der Waals surface area contributed by atoms with Gasteiger partial charge < -0.3 is 24.8 Å². The Balaban J connectivity index is 1.28. The van der Waals surface area contributed by atoms with E-state index in [1.165, 1.54) is 0 Å². The number of carbonyl (C=O) groups excluding carboxylic acids is 1. The highest BCUT2D eigenvalue weighted by molar-refractivity contribution is 7.89. The van der Waals surface area contributed by atoms with Crippen LogP contribution in [0.3, 0.4) is 0 Å². The van der Waals surface area contributed by atoms with E-state index in [9.17, 15) is 18.0 Å². The lowest BCUT2D eigenvalue weighted by Crippen LogP contribution is -2.49. The summed E-state index contributed by atoms with van der Waals surface area (Å²) in [5.74, 6) is 0.414. The van der Waals surface area contributed by atoms with Gasteiger partial charge in [-0.25, -0.2) is 13.2 Å². The third-order valence-electron chi connectivity index (χ3n) is 9.39. The summed E-state index contributed by atoms with van der Waals surface area (Å²) in [5.41, 5.74) is 0.899. The summed E-state index contributed by atoms with van der Waals surface area (Å²) in [6, 6.07) is 7.11. The van der Waals surface area contributed by atoms with E-state index in [0.29, 0.717) is 59.8 Å². The molecule has 12 nitrogen and oxygen atoms in total. The van der Waals surface area contributed by atoms with E-state index in [2.05, 4.69) is 29.2 Å². The van der Waals surface area contributed by atoms with E-state index in [1.54, 1.807) is 27.5 Å². The molecular formula is C31H43N7O5S. The highest BCUT2D eigenvalue weighted by Crippen LogP contribution is 2.39. The average molecular weight is 626 g/mol. The standard InChI is InChI=1S/C31H43N7O5S/c1-6-31(12-17-36(18-13-31)29(40)43-30(2,3)4)38-24-9-14-32-28(39)26(24)27(34-38)33-22-7-8-25-21(19-22)20-37(44(25,41)42)23-10-15-35(5)16-11-23/h7-9,14,19,23H,6,10-13,15-18,20H2,1-5H3,(H,32,39)(H,33,34). The van der Waals surface area contributed by atoms with Gasteiger partial charge in [-0.3, -0.25) is 9.48 Å². The van der Waals surface area contributed by atoms with Gasteiger partial charge in [0.25, 0.3) is 5.56 Å². The molecule has 0 bridgehead atoms. The third-order valence-corrected chi connectivity index (χ3v) is 11.4. The van der Waals surface area contributed by atoms with E-state index in [1.807, 2.05) is 37.6 Å². The van der Waals surface area contributed by atoms with Gasteiger partial charge in [0.15, 0.2) is 5.82 Å². The van der Waals surface area contributed by atoms with Crippen molar-refractivity contribution in [1.82, 2.24) is 28.9 Å². The molecule has 0 atom stereocenters. The van der Waals surface area contributed by atoms with Gasteiger partial charge in [0.1, 0.15) is 11.0 Å². The molecule has 5 heterocycles. The Morgan fingerprint density at radius 2 is 1.84 bits per heavy atom. The molecule has 0 unspecified atom stereocenters. The first kappa shape index (κ1) is 30.6. The number of carbonyl (C=O) groups is 1.